The lowest BCUT2D eigenvalue weighted by Gasteiger charge is -2.24. The van der Waals surface area contributed by atoms with Crippen molar-refractivity contribution >= 4 is 46.7 Å². The van der Waals surface area contributed by atoms with E-state index in [1.807, 2.05) is 20.8 Å². The molecular weight excluding hydrogens is 419 g/mol. The van der Waals surface area contributed by atoms with E-state index in [2.05, 4.69) is 10.6 Å². The predicted octanol–water partition coefficient (Wildman–Crippen LogP) is 3.52. The lowest BCUT2D eigenvalue weighted by Crippen LogP contribution is -2.42. The maximum atomic E-state index is 12.5. The molecule has 0 aliphatic rings. The fourth-order valence-corrected chi connectivity index (χ4v) is 2.89. The van der Waals surface area contributed by atoms with Gasteiger partial charge < -0.3 is 15.5 Å². The first-order valence-electron chi connectivity index (χ1n) is 9.33. The topological polar surface area (TPSA) is 111 Å². The van der Waals surface area contributed by atoms with Gasteiger partial charge in [0, 0.05) is 24.5 Å². The van der Waals surface area contributed by atoms with E-state index in [9.17, 15) is 14.4 Å². The van der Waals surface area contributed by atoms with Crippen LogP contribution < -0.4 is 16.1 Å². The first-order chi connectivity index (χ1) is 13.6. The molecule has 0 aromatic heterocycles. The third-order valence-corrected chi connectivity index (χ3v) is 4.65. The number of halogens is 2. The molecule has 29 heavy (non-hydrogen) atoms. The molecule has 0 aliphatic carbocycles. The Bertz CT molecular complexity index is 715. The number of benzene rings is 1. The van der Waals surface area contributed by atoms with Crippen molar-refractivity contribution in [2.75, 3.05) is 25.0 Å². The number of nitrogens with one attached hydrogen (secondary N) is 3. The molecule has 0 saturated carbocycles. The van der Waals surface area contributed by atoms with Crippen LogP contribution in [0.3, 0.4) is 0 Å². The van der Waals surface area contributed by atoms with Crippen molar-refractivity contribution in [3.05, 3.63) is 28.2 Å². The van der Waals surface area contributed by atoms with Crippen LogP contribution in [0.25, 0.3) is 0 Å². The van der Waals surface area contributed by atoms with Crippen LogP contribution in [0, 0.1) is 11.8 Å². The fraction of sp³-hybridized carbons (Fsp3) is 0.526. The quantitative estimate of drug-likeness (QED) is 0.325. The molecule has 0 heterocycles. The highest BCUT2D eigenvalue weighted by molar-refractivity contribution is 6.36. The highest BCUT2D eigenvalue weighted by Gasteiger charge is 2.20. The van der Waals surface area contributed by atoms with E-state index >= 15 is 0 Å². The number of nitrogens with zero attached hydrogens (tertiary/aromatic N) is 1. The molecule has 162 valence electrons. The summed E-state index contributed by atoms with van der Waals surface area (Å²) in [5.74, 6) is -0.658. The second-order valence-electron chi connectivity index (χ2n) is 7.30. The largest absolute Gasteiger partial charge is 0.338 e. The minimum atomic E-state index is -0.646. The summed E-state index contributed by atoms with van der Waals surface area (Å²) in [4.78, 5) is 37.4. The van der Waals surface area contributed by atoms with Crippen LogP contribution in [0.2, 0.25) is 10.0 Å². The van der Waals surface area contributed by atoms with Crippen molar-refractivity contribution in [1.29, 1.82) is 0 Å². The Kier molecular flexibility index (Phi) is 10.8. The fourth-order valence-electron chi connectivity index (χ4n) is 2.44. The molecule has 10 heteroatoms. The molecule has 0 radical (unpaired) electrons. The van der Waals surface area contributed by atoms with Crippen molar-refractivity contribution in [3.63, 3.8) is 0 Å². The van der Waals surface area contributed by atoms with Crippen molar-refractivity contribution in [2.45, 2.75) is 33.6 Å². The molecule has 4 amide bonds. The smallest absolute Gasteiger partial charge is 0.319 e. The summed E-state index contributed by atoms with van der Waals surface area (Å²) in [7, 11) is 0. The molecule has 4 N–H and O–H groups in total. The molecule has 0 bridgehead atoms. The Morgan fingerprint density at radius 3 is 2.45 bits per heavy atom. The van der Waals surface area contributed by atoms with Gasteiger partial charge in [-0.2, -0.15) is 0 Å². The van der Waals surface area contributed by atoms with Gasteiger partial charge in [0.15, 0.2) is 0 Å². The Morgan fingerprint density at radius 1 is 1.17 bits per heavy atom. The summed E-state index contributed by atoms with van der Waals surface area (Å²) in [6.07, 6.45) is 0.889. The molecular formula is C19H28Cl2N4O4. The molecule has 1 aromatic carbocycles. The second-order valence-corrected chi connectivity index (χ2v) is 8.14. The van der Waals surface area contributed by atoms with Crippen LogP contribution in [0.1, 0.15) is 33.6 Å². The van der Waals surface area contributed by atoms with E-state index in [4.69, 9.17) is 28.4 Å². The van der Waals surface area contributed by atoms with Crippen LogP contribution in [0.4, 0.5) is 10.5 Å². The van der Waals surface area contributed by atoms with Crippen LogP contribution in [0.5, 0.6) is 0 Å². The highest BCUT2D eigenvalue weighted by Crippen LogP contribution is 2.25. The summed E-state index contributed by atoms with van der Waals surface area (Å²) < 4.78 is 0. The summed E-state index contributed by atoms with van der Waals surface area (Å²) in [6.45, 7) is 6.32. The monoisotopic (exact) mass is 446 g/mol. The van der Waals surface area contributed by atoms with Crippen molar-refractivity contribution in [3.8, 4) is 0 Å². The van der Waals surface area contributed by atoms with Crippen molar-refractivity contribution in [2.24, 2.45) is 11.8 Å². The van der Waals surface area contributed by atoms with E-state index in [-0.39, 0.29) is 31.3 Å². The average Bonchev–Trinajstić information content (AvgIpc) is 2.65. The number of urea groups is 1. The van der Waals surface area contributed by atoms with Gasteiger partial charge in [-0.15, -0.1) is 0 Å². The summed E-state index contributed by atoms with van der Waals surface area (Å²) >= 11 is 11.8. The van der Waals surface area contributed by atoms with Gasteiger partial charge in [-0.05, 0) is 36.5 Å². The maximum absolute atomic E-state index is 12.5. The number of amides is 4. The Morgan fingerprint density at radius 2 is 1.86 bits per heavy atom. The van der Waals surface area contributed by atoms with E-state index in [1.165, 1.54) is 11.0 Å². The zero-order chi connectivity index (χ0) is 22.0. The molecule has 1 atom stereocenters. The van der Waals surface area contributed by atoms with Gasteiger partial charge in [-0.1, -0.05) is 44.0 Å². The summed E-state index contributed by atoms with van der Waals surface area (Å²) in [5.41, 5.74) is 1.97. The SMILES string of the molecule is CC(C)CCN(CC(=O)NO)C(=O)C[C@H](C)CNC(=O)Nc1ccc(Cl)cc1Cl. The molecule has 8 nitrogen and oxygen atoms in total. The van der Waals surface area contributed by atoms with Gasteiger partial charge in [-0.3, -0.25) is 14.8 Å². The number of carbonyl (C=O) groups excluding carboxylic acids is 3. The lowest BCUT2D eigenvalue weighted by molar-refractivity contribution is -0.140. The molecule has 0 aliphatic heterocycles. The third-order valence-electron chi connectivity index (χ3n) is 4.10. The van der Waals surface area contributed by atoms with E-state index < -0.39 is 11.9 Å². The van der Waals surface area contributed by atoms with Crippen LogP contribution in [-0.2, 0) is 9.59 Å². The number of hydrogen-bond donors (Lipinski definition) is 4. The lowest BCUT2D eigenvalue weighted by atomic mass is 10.1. The Hall–Kier alpha value is -2.03. The zero-order valence-electron chi connectivity index (χ0n) is 16.8. The molecule has 1 rings (SSSR count). The molecule has 0 unspecified atom stereocenters. The van der Waals surface area contributed by atoms with Crippen LogP contribution in [-0.4, -0.2) is 47.6 Å². The number of rotatable bonds is 10. The normalized spacial score (nSPS) is 11.7. The van der Waals surface area contributed by atoms with Crippen LogP contribution >= 0.6 is 23.2 Å². The van der Waals surface area contributed by atoms with Gasteiger partial charge >= 0.3 is 6.03 Å². The standard InChI is InChI=1S/C19H28Cl2N4O4/c1-12(2)6-7-25(11-17(26)24-29)18(27)8-13(3)10-22-19(28)23-16-5-4-14(20)9-15(16)21/h4-5,9,12-13,29H,6-8,10-11H2,1-3H3,(H,24,26)(H2,22,23,28)/t13-/m0/s1. The van der Waals surface area contributed by atoms with Gasteiger partial charge in [0.05, 0.1) is 10.7 Å². The van der Waals surface area contributed by atoms with E-state index in [0.29, 0.717) is 28.2 Å². The average molecular weight is 447 g/mol. The Balaban J connectivity index is 2.52. The molecule has 0 spiro atoms. The van der Waals surface area contributed by atoms with Gasteiger partial charge in [-0.25, -0.2) is 10.3 Å². The minimum absolute atomic E-state index is 0.152. The van der Waals surface area contributed by atoms with E-state index in [0.717, 1.165) is 6.42 Å². The van der Waals surface area contributed by atoms with E-state index in [1.54, 1.807) is 17.6 Å². The summed E-state index contributed by atoms with van der Waals surface area (Å²) in [6, 6.07) is 4.27. The van der Waals surface area contributed by atoms with Gasteiger partial charge in [0.1, 0.15) is 6.54 Å². The van der Waals surface area contributed by atoms with Crippen molar-refractivity contribution < 1.29 is 19.6 Å². The second kappa shape index (κ2) is 12.5. The maximum Gasteiger partial charge on any atom is 0.319 e. The molecule has 1 aromatic rings. The first kappa shape index (κ1) is 25.0. The highest BCUT2D eigenvalue weighted by atomic mass is 35.5. The number of carbonyl (C=O) groups is 3. The number of anilines is 1. The number of hydrogen-bond acceptors (Lipinski definition) is 4. The molecule has 0 fully saturated rings. The third kappa shape index (κ3) is 9.83. The molecule has 0 saturated heterocycles. The summed E-state index contributed by atoms with van der Waals surface area (Å²) in [5, 5.41) is 14.8. The van der Waals surface area contributed by atoms with Gasteiger partial charge in [0.2, 0.25) is 5.91 Å². The Labute approximate surface area is 180 Å². The minimum Gasteiger partial charge on any atom is -0.338 e. The van der Waals surface area contributed by atoms with Gasteiger partial charge in [0.25, 0.3) is 5.91 Å². The zero-order valence-corrected chi connectivity index (χ0v) is 18.3. The number of hydroxylamine groups is 1. The first-order valence-corrected chi connectivity index (χ1v) is 10.1. The van der Waals surface area contributed by atoms with Crippen molar-refractivity contribution in [1.82, 2.24) is 15.7 Å². The predicted molar refractivity (Wildman–Crippen MR) is 113 cm³/mol. The van der Waals surface area contributed by atoms with Crippen LogP contribution in [0.15, 0.2) is 18.2 Å².